The van der Waals surface area contributed by atoms with Gasteiger partial charge in [0.15, 0.2) is 5.78 Å². The van der Waals surface area contributed by atoms with E-state index in [1.165, 1.54) is 6.92 Å². The van der Waals surface area contributed by atoms with Crippen LogP contribution in [0, 0.1) is 13.8 Å². The fourth-order valence-electron chi connectivity index (χ4n) is 3.09. The second kappa shape index (κ2) is 9.21. The number of carbonyl (C=O) groups is 3. The second-order valence-electron chi connectivity index (χ2n) is 6.55. The van der Waals surface area contributed by atoms with Gasteiger partial charge in [0, 0.05) is 5.56 Å². The van der Waals surface area contributed by atoms with Crippen molar-refractivity contribution in [3.05, 3.63) is 55.6 Å². The van der Waals surface area contributed by atoms with Gasteiger partial charge in [0.1, 0.15) is 22.0 Å². The predicted molar refractivity (Wildman–Crippen MR) is 120 cm³/mol. The first-order valence-corrected chi connectivity index (χ1v) is 10.8. The highest BCUT2D eigenvalue weighted by atomic mass is 35.5. The number of aromatic nitrogens is 1. The molecule has 0 saturated carbocycles. The van der Waals surface area contributed by atoms with Gasteiger partial charge in [-0.3, -0.25) is 9.59 Å². The number of aryl methyl sites for hydroxylation is 1. The van der Waals surface area contributed by atoms with Gasteiger partial charge in [-0.1, -0.05) is 34.4 Å². The van der Waals surface area contributed by atoms with Gasteiger partial charge in [-0.05, 0) is 45.4 Å². The van der Waals surface area contributed by atoms with E-state index in [1.54, 1.807) is 39.0 Å². The topological polar surface area (TPSA) is 98.5 Å². The highest BCUT2D eigenvalue weighted by Gasteiger charge is 2.29. The number of hydrogen-bond acceptors (Lipinski definition) is 7. The first-order chi connectivity index (χ1) is 14.7. The Morgan fingerprint density at radius 2 is 1.81 bits per heavy atom. The molecule has 162 valence electrons. The van der Waals surface area contributed by atoms with Gasteiger partial charge in [-0.15, -0.1) is 11.3 Å². The summed E-state index contributed by atoms with van der Waals surface area (Å²) in [6.45, 7) is 6.42. The van der Waals surface area contributed by atoms with Crippen molar-refractivity contribution in [1.82, 2.24) is 5.16 Å². The summed E-state index contributed by atoms with van der Waals surface area (Å²) in [6.07, 6.45) is 0. The van der Waals surface area contributed by atoms with Gasteiger partial charge < -0.3 is 14.6 Å². The molecular formula is C21H18Cl2N2O5S. The van der Waals surface area contributed by atoms with Crippen molar-refractivity contribution in [3.63, 3.8) is 0 Å². The maximum atomic E-state index is 13.2. The lowest BCUT2D eigenvalue weighted by molar-refractivity contribution is 0.0527. The fraction of sp³-hybridized carbons (Fsp3) is 0.238. The smallest absolute Gasteiger partial charge is 0.341 e. The monoisotopic (exact) mass is 480 g/mol. The second-order valence-corrected chi connectivity index (χ2v) is 8.39. The van der Waals surface area contributed by atoms with E-state index in [9.17, 15) is 14.4 Å². The third-order valence-electron chi connectivity index (χ3n) is 4.46. The van der Waals surface area contributed by atoms with Crippen LogP contribution in [0.25, 0.3) is 11.3 Å². The summed E-state index contributed by atoms with van der Waals surface area (Å²) in [5.41, 5.74) is 1.22. The molecule has 1 amide bonds. The maximum absolute atomic E-state index is 13.2. The molecule has 1 N–H and O–H groups in total. The summed E-state index contributed by atoms with van der Waals surface area (Å²) >= 11 is 13.6. The summed E-state index contributed by atoms with van der Waals surface area (Å²) in [4.78, 5) is 38.0. The lowest BCUT2D eigenvalue weighted by atomic mass is 10.1. The van der Waals surface area contributed by atoms with E-state index < -0.39 is 11.9 Å². The first-order valence-electron chi connectivity index (χ1n) is 9.20. The number of anilines is 1. The zero-order valence-corrected chi connectivity index (χ0v) is 19.4. The lowest BCUT2D eigenvalue weighted by Crippen LogP contribution is -2.16. The van der Waals surface area contributed by atoms with Crippen molar-refractivity contribution in [2.75, 3.05) is 11.9 Å². The molecule has 3 rings (SSSR count). The van der Waals surface area contributed by atoms with E-state index in [0.717, 1.165) is 11.3 Å². The van der Waals surface area contributed by atoms with Gasteiger partial charge in [-0.2, -0.15) is 0 Å². The number of Topliss-reactive ketones (excluding diaryl/α,β-unsaturated/α-hetero) is 1. The Labute approximate surface area is 192 Å². The Balaban J connectivity index is 2.08. The number of thiophene rings is 1. The molecule has 7 nitrogen and oxygen atoms in total. The van der Waals surface area contributed by atoms with E-state index >= 15 is 0 Å². The summed E-state index contributed by atoms with van der Waals surface area (Å²) in [5.74, 6) is -1.21. The molecule has 0 aliphatic rings. The fourth-order valence-corrected chi connectivity index (χ4v) is 4.75. The Bertz CT molecular complexity index is 1180. The van der Waals surface area contributed by atoms with Crippen molar-refractivity contribution in [2.24, 2.45) is 0 Å². The minimum atomic E-state index is -0.629. The summed E-state index contributed by atoms with van der Waals surface area (Å²) < 4.78 is 10.3. The number of hydrogen-bond donors (Lipinski definition) is 1. The minimum absolute atomic E-state index is 0.111. The molecule has 0 spiro atoms. The third-order valence-corrected chi connectivity index (χ3v) is 6.40. The van der Waals surface area contributed by atoms with Crippen molar-refractivity contribution in [3.8, 4) is 11.3 Å². The third kappa shape index (κ3) is 4.37. The van der Waals surface area contributed by atoms with Crippen LogP contribution in [0.15, 0.2) is 22.7 Å². The van der Waals surface area contributed by atoms with Crippen LogP contribution in [0.3, 0.4) is 0 Å². The average molecular weight is 481 g/mol. The van der Waals surface area contributed by atoms with Crippen LogP contribution in [0.1, 0.15) is 55.6 Å². The molecule has 0 bridgehead atoms. The molecule has 10 heteroatoms. The molecule has 1 aromatic carbocycles. The number of nitrogens with zero attached hydrogens (tertiary/aromatic N) is 1. The zero-order chi connectivity index (χ0) is 22.9. The molecule has 0 aliphatic carbocycles. The summed E-state index contributed by atoms with van der Waals surface area (Å²) in [5, 5.41) is 7.46. The van der Waals surface area contributed by atoms with Crippen LogP contribution < -0.4 is 5.32 Å². The van der Waals surface area contributed by atoms with Gasteiger partial charge in [0.25, 0.3) is 5.91 Å². The molecule has 0 radical (unpaired) electrons. The Morgan fingerprint density at radius 1 is 1.16 bits per heavy atom. The minimum Gasteiger partial charge on any atom is -0.462 e. The standard InChI is InChI=1S/C21H18Cl2N2O5S/c1-5-29-21(28)14-9(2)18(10(3)26)31-20(14)24-19(27)15-11(4)30-25-17(15)16-12(22)7-6-8-13(16)23/h6-8H,5H2,1-4H3,(H,24,27). The molecule has 0 atom stereocenters. The Hall–Kier alpha value is -2.68. The van der Waals surface area contributed by atoms with E-state index in [0.29, 0.717) is 26.0 Å². The van der Waals surface area contributed by atoms with Crippen LogP contribution in [0.2, 0.25) is 10.0 Å². The number of halogens is 2. The number of benzene rings is 1. The summed E-state index contributed by atoms with van der Waals surface area (Å²) in [6, 6.07) is 4.91. The van der Waals surface area contributed by atoms with E-state index in [2.05, 4.69) is 10.5 Å². The number of rotatable bonds is 6. The number of esters is 1. The Morgan fingerprint density at radius 3 is 2.39 bits per heavy atom. The molecule has 31 heavy (non-hydrogen) atoms. The van der Waals surface area contributed by atoms with E-state index in [-0.39, 0.29) is 40.0 Å². The molecule has 0 fully saturated rings. The predicted octanol–water partition coefficient (Wildman–Crippen LogP) is 5.96. The van der Waals surface area contributed by atoms with E-state index in [4.69, 9.17) is 32.5 Å². The highest BCUT2D eigenvalue weighted by Crippen LogP contribution is 2.38. The van der Waals surface area contributed by atoms with Crippen LogP contribution in [-0.4, -0.2) is 29.4 Å². The molecule has 2 aromatic heterocycles. The van der Waals surface area contributed by atoms with Crippen LogP contribution in [-0.2, 0) is 4.74 Å². The quantitative estimate of drug-likeness (QED) is 0.345. The summed E-state index contributed by atoms with van der Waals surface area (Å²) in [7, 11) is 0. The van der Waals surface area contributed by atoms with Crippen molar-refractivity contribution >= 4 is 57.2 Å². The van der Waals surface area contributed by atoms with Crippen LogP contribution in [0.5, 0.6) is 0 Å². The van der Waals surface area contributed by atoms with Gasteiger partial charge in [-0.25, -0.2) is 4.79 Å². The highest BCUT2D eigenvalue weighted by molar-refractivity contribution is 7.18. The molecule has 0 unspecified atom stereocenters. The maximum Gasteiger partial charge on any atom is 0.341 e. The molecule has 0 aliphatic heterocycles. The molecule has 0 saturated heterocycles. The normalized spacial score (nSPS) is 10.8. The van der Waals surface area contributed by atoms with Gasteiger partial charge in [0.05, 0.1) is 27.1 Å². The molecule has 3 aromatic rings. The van der Waals surface area contributed by atoms with Gasteiger partial charge >= 0.3 is 5.97 Å². The van der Waals surface area contributed by atoms with E-state index in [1.807, 2.05) is 0 Å². The largest absolute Gasteiger partial charge is 0.462 e. The van der Waals surface area contributed by atoms with Crippen molar-refractivity contribution in [2.45, 2.75) is 27.7 Å². The zero-order valence-electron chi connectivity index (χ0n) is 17.1. The molecular weight excluding hydrogens is 463 g/mol. The van der Waals surface area contributed by atoms with Crippen LogP contribution >= 0.6 is 34.5 Å². The number of nitrogens with one attached hydrogen (secondary N) is 1. The number of ketones is 1. The average Bonchev–Trinajstić information content (AvgIpc) is 3.22. The van der Waals surface area contributed by atoms with Gasteiger partial charge in [0.2, 0.25) is 0 Å². The number of amides is 1. The first kappa shape index (κ1) is 23.0. The molecule has 2 heterocycles. The number of carbonyl (C=O) groups excluding carboxylic acids is 3. The lowest BCUT2D eigenvalue weighted by Gasteiger charge is -2.09. The van der Waals surface area contributed by atoms with Crippen LogP contribution in [0.4, 0.5) is 5.00 Å². The SMILES string of the molecule is CCOC(=O)c1c(NC(=O)c2c(-c3c(Cl)cccc3Cl)noc2C)sc(C(C)=O)c1C. The number of ether oxygens (including phenoxy) is 1. The Kier molecular flexibility index (Phi) is 6.83. The van der Waals surface area contributed by atoms with Crippen molar-refractivity contribution in [1.29, 1.82) is 0 Å². The van der Waals surface area contributed by atoms with Crippen molar-refractivity contribution < 1.29 is 23.6 Å².